The van der Waals surface area contributed by atoms with Crippen LogP contribution in [-0.4, -0.2) is 4.98 Å². The Morgan fingerprint density at radius 3 is 2.57 bits per heavy atom. The first-order chi connectivity index (χ1) is 6.48. The van der Waals surface area contributed by atoms with E-state index in [0.29, 0.717) is 3.57 Å². The van der Waals surface area contributed by atoms with E-state index in [1.165, 1.54) is 6.07 Å². The summed E-state index contributed by atoms with van der Waals surface area (Å²) in [7, 11) is 0. The SMILES string of the molecule is FC(F)(F)c1nc2cccc(I)c2o1. The lowest BCUT2D eigenvalue weighted by Crippen LogP contribution is -2.04. The van der Waals surface area contributed by atoms with Crippen LogP contribution >= 0.6 is 22.6 Å². The molecule has 0 amide bonds. The fraction of sp³-hybridized carbons (Fsp3) is 0.125. The molecule has 0 radical (unpaired) electrons. The predicted octanol–water partition coefficient (Wildman–Crippen LogP) is 3.45. The van der Waals surface area contributed by atoms with E-state index < -0.39 is 12.1 Å². The van der Waals surface area contributed by atoms with Crippen LogP contribution in [0, 0.1) is 3.57 Å². The number of aromatic nitrogens is 1. The highest BCUT2D eigenvalue weighted by Crippen LogP contribution is 2.32. The topological polar surface area (TPSA) is 26.0 Å². The minimum absolute atomic E-state index is 0.181. The van der Waals surface area contributed by atoms with Gasteiger partial charge in [0, 0.05) is 0 Å². The first-order valence-electron chi connectivity index (χ1n) is 3.61. The lowest BCUT2D eigenvalue weighted by atomic mass is 10.3. The minimum Gasteiger partial charge on any atom is -0.432 e. The molecular weight excluding hydrogens is 310 g/mol. The zero-order valence-corrected chi connectivity index (χ0v) is 8.76. The fourth-order valence-electron chi connectivity index (χ4n) is 1.04. The molecule has 2 aromatic rings. The van der Waals surface area contributed by atoms with E-state index in [4.69, 9.17) is 0 Å². The summed E-state index contributed by atoms with van der Waals surface area (Å²) >= 11 is 1.90. The smallest absolute Gasteiger partial charge is 0.432 e. The van der Waals surface area contributed by atoms with Gasteiger partial charge in [-0.25, -0.2) is 4.98 Å². The Morgan fingerprint density at radius 2 is 2.00 bits per heavy atom. The van der Waals surface area contributed by atoms with E-state index in [9.17, 15) is 13.2 Å². The van der Waals surface area contributed by atoms with Gasteiger partial charge < -0.3 is 4.42 Å². The first-order valence-corrected chi connectivity index (χ1v) is 4.68. The minimum atomic E-state index is -4.53. The molecule has 0 aliphatic rings. The molecule has 0 saturated heterocycles. The number of oxazole rings is 1. The van der Waals surface area contributed by atoms with E-state index in [0.717, 1.165) is 0 Å². The number of benzene rings is 1. The average Bonchev–Trinajstić information content (AvgIpc) is 2.48. The molecule has 2 nitrogen and oxygen atoms in total. The van der Waals surface area contributed by atoms with Crippen LogP contribution in [0.5, 0.6) is 0 Å². The summed E-state index contributed by atoms with van der Waals surface area (Å²) in [6.45, 7) is 0. The summed E-state index contributed by atoms with van der Waals surface area (Å²) < 4.78 is 41.8. The number of hydrogen-bond acceptors (Lipinski definition) is 2. The monoisotopic (exact) mass is 313 g/mol. The van der Waals surface area contributed by atoms with Gasteiger partial charge in [0.1, 0.15) is 5.52 Å². The molecule has 2 rings (SSSR count). The van der Waals surface area contributed by atoms with Gasteiger partial charge in [-0.2, -0.15) is 13.2 Å². The summed E-state index contributed by atoms with van der Waals surface area (Å²) in [5.41, 5.74) is 0.407. The molecule has 0 atom stereocenters. The third kappa shape index (κ3) is 1.58. The Hall–Kier alpha value is -0.790. The predicted molar refractivity (Wildman–Crippen MR) is 51.7 cm³/mol. The van der Waals surface area contributed by atoms with Crippen LogP contribution in [0.3, 0.4) is 0 Å². The van der Waals surface area contributed by atoms with Crippen molar-refractivity contribution in [2.45, 2.75) is 6.18 Å². The number of nitrogens with zero attached hydrogens (tertiary/aromatic N) is 1. The van der Waals surface area contributed by atoms with Crippen molar-refractivity contribution < 1.29 is 17.6 Å². The van der Waals surface area contributed by atoms with Crippen molar-refractivity contribution in [1.82, 2.24) is 4.98 Å². The summed E-state index contributed by atoms with van der Waals surface area (Å²) in [4.78, 5) is 3.35. The molecule has 1 heterocycles. The maximum atomic E-state index is 12.2. The third-order valence-corrected chi connectivity index (χ3v) is 2.46. The molecule has 0 aliphatic carbocycles. The van der Waals surface area contributed by atoms with Crippen molar-refractivity contribution in [1.29, 1.82) is 0 Å². The number of para-hydroxylation sites is 1. The van der Waals surface area contributed by atoms with E-state index in [1.54, 1.807) is 12.1 Å². The highest BCUT2D eigenvalue weighted by Gasteiger charge is 2.37. The summed E-state index contributed by atoms with van der Waals surface area (Å²) in [6, 6.07) is 4.78. The van der Waals surface area contributed by atoms with Crippen molar-refractivity contribution in [3.63, 3.8) is 0 Å². The van der Waals surface area contributed by atoms with Crippen molar-refractivity contribution in [2.24, 2.45) is 0 Å². The summed E-state index contributed by atoms with van der Waals surface area (Å²) in [5.74, 6) is -1.20. The first kappa shape index (κ1) is 9.75. The molecule has 1 aromatic carbocycles. The van der Waals surface area contributed by atoms with Crippen molar-refractivity contribution in [2.75, 3.05) is 0 Å². The van der Waals surface area contributed by atoms with Crippen molar-refractivity contribution in [3.8, 4) is 0 Å². The molecule has 0 bridgehead atoms. The Bertz CT molecular complexity index is 477. The second-order valence-corrected chi connectivity index (χ2v) is 3.77. The van der Waals surface area contributed by atoms with E-state index >= 15 is 0 Å². The van der Waals surface area contributed by atoms with Crippen molar-refractivity contribution >= 4 is 33.7 Å². The molecule has 74 valence electrons. The Morgan fingerprint density at radius 1 is 1.29 bits per heavy atom. The van der Waals surface area contributed by atoms with Crippen LogP contribution in [0.15, 0.2) is 22.6 Å². The van der Waals surface area contributed by atoms with E-state index in [-0.39, 0.29) is 11.1 Å². The Balaban J connectivity index is 2.69. The highest BCUT2D eigenvalue weighted by molar-refractivity contribution is 14.1. The zero-order chi connectivity index (χ0) is 10.3. The highest BCUT2D eigenvalue weighted by atomic mass is 127. The molecule has 1 aromatic heterocycles. The molecule has 0 saturated carbocycles. The van der Waals surface area contributed by atoms with Crippen LogP contribution in [0.4, 0.5) is 13.2 Å². The second-order valence-electron chi connectivity index (χ2n) is 2.60. The number of alkyl halides is 3. The lowest BCUT2D eigenvalue weighted by molar-refractivity contribution is -0.156. The average molecular weight is 313 g/mol. The lowest BCUT2D eigenvalue weighted by Gasteiger charge is -1.97. The van der Waals surface area contributed by atoms with Crippen LogP contribution < -0.4 is 0 Å². The van der Waals surface area contributed by atoms with Crippen LogP contribution in [-0.2, 0) is 6.18 Å². The molecule has 0 unspecified atom stereocenters. The number of halogens is 4. The quantitative estimate of drug-likeness (QED) is 0.696. The zero-order valence-electron chi connectivity index (χ0n) is 6.60. The van der Waals surface area contributed by atoms with Crippen LogP contribution in [0.1, 0.15) is 5.89 Å². The summed E-state index contributed by atoms with van der Waals surface area (Å²) in [6.07, 6.45) is -4.53. The van der Waals surface area contributed by atoms with Gasteiger partial charge in [0.05, 0.1) is 3.57 Å². The van der Waals surface area contributed by atoms with Gasteiger partial charge in [-0.3, -0.25) is 0 Å². The largest absolute Gasteiger partial charge is 0.468 e. The fourth-order valence-corrected chi connectivity index (χ4v) is 1.63. The van der Waals surface area contributed by atoms with Gasteiger partial charge in [-0.05, 0) is 34.7 Å². The number of hydrogen-bond donors (Lipinski definition) is 0. The number of fused-ring (bicyclic) bond motifs is 1. The van der Waals surface area contributed by atoms with Gasteiger partial charge >= 0.3 is 12.1 Å². The maximum absolute atomic E-state index is 12.2. The Labute approximate surface area is 90.3 Å². The second kappa shape index (κ2) is 3.11. The van der Waals surface area contributed by atoms with Gasteiger partial charge in [0.15, 0.2) is 5.58 Å². The maximum Gasteiger partial charge on any atom is 0.468 e. The molecule has 0 N–H and O–H groups in total. The molecule has 0 spiro atoms. The number of rotatable bonds is 0. The van der Waals surface area contributed by atoms with Gasteiger partial charge in [-0.1, -0.05) is 6.07 Å². The molecule has 14 heavy (non-hydrogen) atoms. The molecule has 0 aliphatic heterocycles. The van der Waals surface area contributed by atoms with Gasteiger partial charge in [0.2, 0.25) is 0 Å². The van der Waals surface area contributed by atoms with Gasteiger partial charge in [-0.15, -0.1) is 0 Å². The third-order valence-electron chi connectivity index (χ3n) is 1.61. The van der Waals surface area contributed by atoms with E-state index in [1.807, 2.05) is 22.6 Å². The standard InChI is InChI=1S/C8H3F3INO/c9-8(10,11)7-13-5-3-1-2-4(12)6(5)14-7/h1-3H. The molecule has 6 heteroatoms. The normalized spacial score (nSPS) is 12.3. The molecule has 0 fully saturated rings. The van der Waals surface area contributed by atoms with Crippen LogP contribution in [0.25, 0.3) is 11.1 Å². The summed E-state index contributed by atoms with van der Waals surface area (Å²) in [5, 5.41) is 0. The van der Waals surface area contributed by atoms with Gasteiger partial charge in [0.25, 0.3) is 0 Å². The molecular formula is C8H3F3INO. The Kier molecular flexibility index (Phi) is 2.17. The van der Waals surface area contributed by atoms with Crippen molar-refractivity contribution in [3.05, 3.63) is 27.7 Å². The van der Waals surface area contributed by atoms with Crippen LogP contribution in [0.2, 0.25) is 0 Å². The van der Waals surface area contributed by atoms with E-state index in [2.05, 4.69) is 9.40 Å².